The number of fused-ring (bicyclic) bond motifs is 4. The summed E-state index contributed by atoms with van der Waals surface area (Å²) in [5.74, 6) is -0.747. The zero-order valence-corrected chi connectivity index (χ0v) is 20.1. The van der Waals surface area contributed by atoms with Gasteiger partial charge in [-0.05, 0) is 53.4 Å². The SMILES string of the molecule is CC(C)[C@H](CC(=O)N[C@@H]1C[C@H]2C[C@@]2(C(=O)O)C1)NC(=O)OCC1c2ccccc2-c2ccccc21. The summed E-state index contributed by atoms with van der Waals surface area (Å²) in [5.41, 5.74) is 4.01. The third-order valence-electron chi connectivity index (χ3n) is 8.06. The number of aliphatic carboxylic acids is 1. The highest BCUT2D eigenvalue weighted by Crippen LogP contribution is 2.63. The molecule has 0 unspecified atom stereocenters. The molecule has 7 nitrogen and oxygen atoms in total. The average molecular weight is 477 g/mol. The van der Waals surface area contributed by atoms with Gasteiger partial charge in [0.25, 0.3) is 0 Å². The van der Waals surface area contributed by atoms with Crippen LogP contribution in [0.15, 0.2) is 48.5 Å². The first-order valence-electron chi connectivity index (χ1n) is 12.4. The van der Waals surface area contributed by atoms with Gasteiger partial charge in [0.2, 0.25) is 5.91 Å². The van der Waals surface area contributed by atoms with Gasteiger partial charge in [-0.1, -0.05) is 62.4 Å². The number of hydrogen-bond donors (Lipinski definition) is 3. The lowest BCUT2D eigenvalue weighted by Gasteiger charge is -2.24. The lowest BCUT2D eigenvalue weighted by atomic mass is 9.98. The fraction of sp³-hybridized carbons (Fsp3) is 0.464. The molecule has 0 radical (unpaired) electrons. The zero-order chi connectivity index (χ0) is 24.7. The van der Waals surface area contributed by atoms with Crippen LogP contribution >= 0.6 is 0 Å². The second kappa shape index (κ2) is 9.02. The molecule has 2 aromatic carbocycles. The smallest absolute Gasteiger partial charge is 0.407 e. The van der Waals surface area contributed by atoms with E-state index in [1.807, 2.05) is 38.1 Å². The van der Waals surface area contributed by atoms with E-state index in [-0.39, 0.29) is 48.8 Å². The predicted molar refractivity (Wildman–Crippen MR) is 131 cm³/mol. The normalized spacial score (nSPS) is 24.8. The summed E-state index contributed by atoms with van der Waals surface area (Å²) in [4.78, 5) is 36.9. The van der Waals surface area contributed by atoms with Crippen molar-refractivity contribution in [1.29, 1.82) is 0 Å². The van der Waals surface area contributed by atoms with Gasteiger partial charge in [-0.25, -0.2) is 4.79 Å². The average Bonchev–Trinajstić information content (AvgIpc) is 3.26. The third-order valence-corrected chi connectivity index (χ3v) is 8.06. The van der Waals surface area contributed by atoms with Crippen molar-refractivity contribution in [3.8, 4) is 11.1 Å². The highest BCUT2D eigenvalue weighted by atomic mass is 16.5. The van der Waals surface area contributed by atoms with E-state index in [4.69, 9.17) is 4.74 Å². The van der Waals surface area contributed by atoms with E-state index in [9.17, 15) is 19.5 Å². The fourth-order valence-electron chi connectivity index (χ4n) is 6.00. The quantitative estimate of drug-likeness (QED) is 0.527. The molecular formula is C28H32N2O5. The molecule has 35 heavy (non-hydrogen) atoms. The molecule has 4 atom stereocenters. The Morgan fingerprint density at radius 2 is 1.66 bits per heavy atom. The van der Waals surface area contributed by atoms with Crippen LogP contribution in [0.3, 0.4) is 0 Å². The largest absolute Gasteiger partial charge is 0.481 e. The van der Waals surface area contributed by atoms with Crippen molar-refractivity contribution in [2.24, 2.45) is 17.3 Å². The Hall–Kier alpha value is -3.35. The summed E-state index contributed by atoms with van der Waals surface area (Å²) in [7, 11) is 0. The molecule has 0 bridgehead atoms. The minimum atomic E-state index is -0.753. The Morgan fingerprint density at radius 1 is 1.03 bits per heavy atom. The number of rotatable bonds is 8. The minimum absolute atomic E-state index is 0.0238. The van der Waals surface area contributed by atoms with Crippen molar-refractivity contribution in [2.45, 2.75) is 57.5 Å². The number of nitrogens with one attached hydrogen (secondary N) is 2. The number of carboxylic acids is 1. The molecule has 5 rings (SSSR count). The van der Waals surface area contributed by atoms with Crippen molar-refractivity contribution in [2.75, 3.05) is 6.61 Å². The highest BCUT2D eigenvalue weighted by Gasteiger charge is 2.65. The first-order chi connectivity index (χ1) is 16.8. The number of carbonyl (C=O) groups is 3. The van der Waals surface area contributed by atoms with E-state index in [0.29, 0.717) is 19.3 Å². The van der Waals surface area contributed by atoms with Gasteiger partial charge >= 0.3 is 12.1 Å². The number of ether oxygens (including phenoxy) is 1. The van der Waals surface area contributed by atoms with Crippen LogP contribution in [0, 0.1) is 17.3 Å². The molecule has 0 saturated heterocycles. The van der Waals surface area contributed by atoms with Gasteiger partial charge in [0.05, 0.1) is 5.41 Å². The molecule has 0 aliphatic heterocycles. The highest BCUT2D eigenvalue weighted by molar-refractivity contribution is 5.81. The van der Waals surface area contributed by atoms with E-state index in [1.165, 1.54) is 11.1 Å². The fourth-order valence-corrected chi connectivity index (χ4v) is 6.00. The van der Waals surface area contributed by atoms with E-state index >= 15 is 0 Å². The molecule has 3 N–H and O–H groups in total. The molecule has 184 valence electrons. The lowest BCUT2D eigenvalue weighted by molar-refractivity contribution is -0.143. The topological polar surface area (TPSA) is 105 Å². The minimum Gasteiger partial charge on any atom is -0.481 e. The zero-order valence-electron chi connectivity index (χ0n) is 20.1. The van der Waals surface area contributed by atoms with Gasteiger partial charge < -0.3 is 20.5 Å². The molecule has 2 fully saturated rings. The van der Waals surface area contributed by atoms with E-state index in [0.717, 1.165) is 11.1 Å². The first kappa shape index (κ1) is 23.4. The molecular weight excluding hydrogens is 444 g/mol. The predicted octanol–water partition coefficient (Wildman–Crippen LogP) is 4.31. The van der Waals surface area contributed by atoms with Crippen LogP contribution in [0.4, 0.5) is 4.79 Å². The van der Waals surface area contributed by atoms with Crippen LogP contribution in [-0.4, -0.2) is 41.8 Å². The summed E-state index contributed by atoms with van der Waals surface area (Å²) in [5, 5.41) is 15.3. The first-order valence-corrected chi connectivity index (χ1v) is 12.4. The summed E-state index contributed by atoms with van der Waals surface area (Å²) in [6.45, 7) is 4.12. The van der Waals surface area contributed by atoms with Crippen LogP contribution in [-0.2, 0) is 14.3 Å². The van der Waals surface area contributed by atoms with Gasteiger partial charge in [0.1, 0.15) is 6.61 Å². The molecule has 0 heterocycles. The maximum atomic E-state index is 12.7. The summed E-state index contributed by atoms with van der Waals surface area (Å²) in [6, 6.07) is 15.9. The summed E-state index contributed by atoms with van der Waals surface area (Å²) >= 11 is 0. The number of benzene rings is 2. The van der Waals surface area contributed by atoms with E-state index < -0.39 is 17.5 Å². The van der Waals surface area contributed by atoms with Crippen LogP contribution in [0.25, 0.3) is 11.1 Å². The van der Waals surface area contributed by atoms with Crippen molar-refractivity contribution >= 4 is 18.0 Å². The summed E-state index contributed by atoms with van der Waals surface area (Å²) in [6.07, 6.45) is 1.51. The molecule has 0 aromatic heterocycles. The lowest BCUT2D eigenvalue weighted by Crippen LogP contribution is -2.44. The molecule has 0 spiro atoms. The van der Waals surface area contributed by atoms with Gasteiger partial charge in [0, 0.05) is 24.4 Å². The Kier molecular flexibility index (Phi) is 6.03. The van der Waals surface area contributed by atoms with Crippen molar-refractivity contribution < 1.29 is 24.2 Å². The second-order valence-corrected chi connectivity index (χ2v) is 10.6. The Morgan fingerprint density at radius 3 is 2.23 bits per heavy atom. The molecule has 2 saturated carbocycles. The van der Waals surface area contributed by atoms with Gasteiger partial charge in [0.15, 0.2) is 0 Å². The van der Waals surface area contributed by atoms with Crippen LogP contribution in [0.2, 0.25) is 0 Å². The van der Waals surface area contributed by atoms with E-state index in [1.54, 1.807) is 0 Å². The monoisotopic (exact) mass is 476 g/mol. The maximum Gasteiger partial charge on any atom is 0.407 e. The number of amides is 2. The second-order valence-electron chi connectivity index (χ2n) is 10.6. The number of carboxylic acid groups (broad SMARTS) is 1. The van der Waals surface area contributed by atoms with Crippen molar-refractivity contribution in [3.05, 3.63) is 59.7 Å². The van der Waals surface area contributed by atoms with E-state index in [2.05, 4.69) is 34.9 Å². The number of hydrogen-bond acceptors (Lipinski definition) is 4. The van der Waals surface area contributed by atoms with Gasteiger partial charge in [-0.3, -0.25) is 9.59 Å². The van der Waals surface area contributed by atoms with Gasteiger partial charge in [-0.15, -0.1) is 0 Å². The Bertz CT molecular complexity index is 1120. The Balaban J connectivity index is 1.15. The molecule has 2 amide bonds. The van der Waals surface area contributed by atoms with Crippen LogP contribution in [0.5, 0.6) is 0 Å². The number of carbonyl (C=O) groups excluding carboxylic acids is 2. The molecule has 3 aliphatic carbocycles. The van der Waals surface area contributed by atoms with Crippen molar-refractivity contribution in [3.63, 3.8) is 0 Å². The molecule has 7 heteroatoms. The standard InChI is InChI=1S/C28H32N2O5/c1-16(2)24(12-25(31)29-18-11-17-13-28(17,14-18)26(32)33)30-27(34)35-15-23-21-9-5-3-7-19(21)20-8-4-6-10-22(20)23/h3-10,16-18,23-24H,11-15H2,1-2H3,(H,29,31)(H,30,34)(H,32,33)/t17-,18+,24-,28+/m0/s1. The Labute approximate surface area is 205 Å². The van der Waals surface area contributed by atoms with Crippen LogP contribution < -0.4 is 10.6 Å². The number of alkyl carbamates (subject to hydrolysis) is 1. The summed E-state index contributed by atoms with van der Waals surface area (Å²) < 4.78 is 5.65. The van der Waals surface area contributed by atoms with Crippen LogP contribution in [0.1, 0.15) is 56.6 Å². The molecule has 2 aromatic rings. The van der Waals surface area contributed by atoms with Crippen molar-refractivity contribution in [1.82, 2.24) is 10.6 Å². The third kappa shape index (κ3) is 4.40. The molecule has 3 aliphatic rings. The van der Waals surface area contributed by atoms with Gasteiger partial charge in [-0.2, -0.15) is 0 Å². The maximum absolute atomic E-state index is 12.7.